The van der Waals surface area contributed by atoms with Crippen LogP contribution in [-0.4, -0.2) is 33.4 Å². The van der Waals surface area contributed by atoms with E-state index in [0.29, 0.717) is 0 Å². The summed E-state index contributed by atoms with van der Waals surface area (Å²) in [5.41, 5.74) is 2.59. The Balaban J connectivity index is 1.34. The van der Waals surface area contributed by atoms with Crippen molar-refractivity contribution in [2.24, 2.45) is 35.0 Å². The van der Waals surface area contributed by atoms with Crippen LogP contribution in [0.15, 0.2) is 97.1 Å². The summed E-state index contributed by atoms with van der Waals surface area (Å²) in [7, 11) is 0. The molecule has 39 heavy (non-hydrogen) atoms. The molecule has 8 rings (SSSR count). The fourth-order valence-electron chi connectivity index (χ4n) is 7.70. The van der Waals surface area contributed by atoms with Crippen molar-refractivity contribution in [3.05, 3.63) is 114 Å². The van der Waals surface area contributed by atoms with Crippen molar-refractivity contribution in [1.29, 1.82) is 0 Å². The first kappa shape index (κ1) is 23.8. The highest BCUT2D eigenvalue weighted by Crippen LogP contribution is 2.67. The highest BCUT2D eigenvalue weighted by molar-refractivity contribution is 6.13. The van der Waals surface area contributed by atoms with Crippen LogP contribution in [0.2, 0.25) is 0 Å². The van der Waals surface area contributed by atoms with E-state index < -0.39 is 35.0 Å². The molecule has 0 aromatic heterocycles. The number of benzene rings is 3. The summed E-state index contributed by atoms with van der Waals surface area (Å²) in [6.45, 7) is 2.29. The number of amides is 4. The number of allylic oxidation sites excluding steroid dienone is 2. The van der Waals surface area contributed by atoms with Crippen molar-refractivity contribution in [2.45, 2.75) is 20.0 Å². The number of hydrogen-bond donors (Lipinski definition) is 0. The summed E-state index contributed by atoms with van der Waals surface area (Å²) in [6, 6.07) is 28.7. The second-order valence-corrected chi connectivity index (χ2v) is 11.4. The summed E-state index contributed by atoms with van der Waals surface area (Å²) in [5, 5.41) is 0. The number of nitrogens with zero attached hydrogens (tertiary/aromatic N) is 2. The zero-order valence-electron chi connectivity index (χ0n) is 21.6. The minimum atomic E-state index is -0.967. The molecule has 0 spiro atoms. The van der Waals surface area contributed by atoms with Crippen LogP contribution in [0.3, 0.4) is 0 Å². The molecule has 5 aliphatic rings. The Bertz CT molecular complexity index is 1450. The topological polar surface area (TPSA) is 74.8 Å². The van der Waals surface area contributed by atoms with E-state index in [2.05, 4.69) is 0 Å². The van der Waals surface area contributed by atoms with Gasteiger partial charge in [0, 0.05) is 11.3 Å². The predicted octanol–water partition coefficient (Wildman–Crippen LogP) is 4.32. The first-order chi connectivity index (χ1) is 18.9. The number of likely N-dealkylation sites (tertiary alicyclic amines) is 2. The lowest BCUT2D eigenvalue weighted by atomic mass is 9.45. The van der Waals surface area contributed by atoms with Gasteiger partial charge in [-0.05, 0) is 22.3 Å². The van der Waals surface area contributed by atoms with E-state index in [1.54, 1.807) is 0 Å². The highest BCUT2D eigenvalue weighted by Gasteiger charge is 2.74. The maximum absolute atomic E-state index is 14.1. The summed E-state index contributed by atoms with van der Waals surface area (Å²) < 4.78 is 0. The van der Waals surface area contributed by atoms with Gasteiger partial charge in [-0.1, -0.05) is 104 Å². The molecule has 3 aromatic rings. The van der Waals surface area contributed by atoms with E-state index in [0.717, 1.165) is 22.3 Å². The molecule has 1 saturated carbocycles. The average molecular weight is 517 g/mol. The monoisotopic (exact) mass is 516 g/mol. The molecule has 2 aliphatic heterocycles. The Morgan fingerprint density at radius 3 is 1.41 bits per heavy atom. The summed E-state index contributed by atoms with van der Waals surface area (Å²) in [5.74, 6) is -4.24. The molecule has 3 aromatic carbocycles. The standard InChI is InChI=1S/C33H28N2O4/c1-33-17-23(22-15-9-4-10-16-22)24(25-27(33)31(38)34(29(25)36)18-20-11-5-2-6-12-20)26-28(33)32(39)35(30(26)37)19-21-13-7-3-8-14-21/h2-17,24-28H,18-19H2,1H3/t24?,25-,26+,27+,28-,33?. The largest absolute Gasteiger partial charge is 0.278 e. The predicted molar refractivity (Wildman–Crippen MR) is 144 cm³/mol. The van der Waals surface area contributed by atoms with Gasteiger partial charge in [0.25, 0.3) is 0 Å². The molecule has 2 saturated heterocycles. The zero-order valence-corrected chi connectivity index (χ0v) is 21.6. The number of imide groups is 2. The smallest absolute Gasteiger partial charge is 0.234 e. The van der Waals surface area contributed by atoms with Crippen molar-refractivity contribution in [2.75, 3.05) is 0 Å². The van der Waals surface area contributed by atoms with Crippen LogP contribution in [-0.2, 0) is 32.3 Å². The third kappa shape index (κ3) is 3.33. The fraction of sp³-hybridized carbons (Fsp3) is 0.273. The fourth-order valence-corrected chi connectivity index (χ4v) is 7.70. The second kappa shape index (κ2) is 8.60. The van der Waals surface area contributed by atoms with Crippen molar-refractivity contribution in [1.82, 2.24) is 9.80 Å². The van der Waals surface area contributed by atoms with E-state index in [-0.39, 0.29) is 36.7 Å². The number of rotatable bonds is 5. The van der Waals surface area contributed by atoms with Gasteiger partial charge in [-0.2, -0.15) is 0 Å². The summed E-state index contributed by atoms with van der Waals surface area (Å²) >= 11 is 0. The van der Waals surface area contributed by atoms with Gasteiger partial charge in [0.05, 0.1) is 36.8 Å². The Morgan fingerprint density at radius 2 is 0.974 bits per heavy atom. The van der Waals surface area contributed by atoms with E-state index in [4.69, 9.17) is 0 Å². The maximum atomic E-state index is 14.1. The van der Waals surface area contributed by atoms with Crippen LogP contribution in [0.1, 0.15) is 23.6 Å². The van der Waals surface area contributed by atoms with E-state index >= 15 is 0 Å². The molecule has 6 nitrogen and oxygen atoms in total. The van der Waals surface area contributed by atoms with Crippen LogP contribution in [0, 0.1) is 35.0 Å². The lowest BCUT2D eigenvalue weighted by molar-refractivity contribution is -0.145. The normalized spacial score (nSPS) is 31.0. The number of carbonyl (C=O) groups is 4. The minimum absolute atomic E-state index is 0.187. The van der Waals surface area contributed by atoms with Crippen molar-refractivity contribution >= 4 is 29.2 Å². The van der Waals surface area contributed by atoms with Crippen molar-refractivity contribution < 1.29 is 19.2 Å². The second-order valence-electron chi connectivity index (χ2n) is 11.4. The van der Waals surface area contributed by atoms with Crippen LogP contribution in [0.4, 0.5) is 0 Å². The minimum Gasteiger partial charge on any atom is -0.278 e. The molecule has 2 unspecified atom stereocenters. The first-order valence-electron chi connectivity index (χ1n) is 13.5. The van der Waals surface area contributed by atoms with Gasteiger partial charge in [-0.3, -0.25) is 29.0 Å². The SMILES string of the molecule is CC12C=C(c3ccccc3)C([C@H]3C(=O)N(Cc4ccccc4)C(=O)[C@H]31)[C@@H]1C(=O)N(Cc3ccccc3)C(=O)[C@@H]12. The van der Waals surface area contributed by atoms with Crippen LogP contribution >= 0.6 is 0 Å². The zero-order chi connectivity index (χ0) is 26.9. The Kier molecular flexibility index (Phi) is 5.24. The molecule has 6 heteroatoms. The average Bonchev–Trinajstić information content (AvgIpc) is 3.37. The molecule has 194 valence electrons. The first-order valence-corrected chi connectivity index (χ1v) is 13.5. The molecule has 0 radical (unpaired) electrons. The highest BCUT2D eigenvalue weighted by atomic mass is 16.2. The van der Waals surface area contributed by atoms with Crippen LogP contribution in [0.5, 0.6) is 0 Å². The molecule has 3 aliphatic carbocycles. The molecular weight excluding hydrogens is 488 g/mol. The van der Waals surface area contributed by atoms with Gasteiger partial charge in [-0.25, -0.2) is 0 Å². The van der Waals surface area contributed by atoms with E-state index in [1.807, 2.05) is 104 Å². The van der Waals surface area contributed by atoms with Gasteiger partial charge in [0.1, 0.15) is 0 Å². The van der Waals surface area contributed by atoms with Gasteiger partial charge in [0.15, 0.2) is 0 Å². The van der Waals surface area contributed by atoms with E-state index in [1.165, 1.54) is 9.80 Å². The third-order valence-corrected chi connectivity index (χ3v) is 9.30. The van der Waals surface area contributed by atoms with Gasteiger partial charge < -0.3 is 0 Å². The van der Waals surface area contributed by atoms with Crippen molar-refractivity contribution in [3.8, 4) is 0 Å². The molecule has 2 bridgehead atoms. The molecule has 2 heterocycles. The summed E-state index contributed by atoms with van der Waals surface area (Å²) in [6.07, 6.45) is 2.05. The maximum Gasteiger partial charge on any atom is 0.234 e. The lowest BCUT2D eigenvalue weighted by Gasteiger charge is -2.54. The van der Waals surface area contributed by atoms with Gasteiger partial charge in [-0.15, -0.1) is 0 Å². The number of carbonyl (C=O) groups excluding carboxylic acids is 4. The van der Waals surface area contributed by atoms with E-state index in [9.17, 15) is 19.2 Å². The Morgan fingerprint density at radius 1 is 0.564 bits per heavy atom. The molecular formula is C33H28N2O4. The summed E-state index contributed by atoms with van der Waals surface area (Å²) in [4.78, 5) is 58.9. The molecule has 4 amide bonds. The van der Waals surface area contributed by atoms with Gasteiger partial charge in [0.2, 0.25) is 23.6 Å². The molecule has 3 fully saturated rings. The lowest BCUT2D eigenvalue weighted by Crippen LogP contribution is -2.57. The third-order valence-electron chi connectivity index (χ3n) is 9.30. The quantitative estimate of drug-likeness (QED) is 0.474. The van der Waals surface area contributed by atoms with Crippen LogP contribution < -0.4 is 0 Å². The molecule has 6 atom stereocenters. The molecule has 0 N–H and O–H groups in total. The Labute approximate surface area is 226 Å². The van der Waals surface area contributed by atoms with Crippen LogP contribution in [0.25, 0.3) is 5.57 Å². The van der Waals surface area contributed by atoms with Crippen molar-refractivity contribution in [3.63, 3.8) is 0 Å². The van der Waals surface area contributed by atoms with Gasteiger partial charge >= 0.3 is 0 Å². The number of hydrogen-bond acceptors (Lipinski definition) is 4. The Hall–Kier alpha value is -4.32.